The summed E-state index contributed by atoms with van der Waals surface area (Å²) in [5.74, 6) is -0.495. The van der Waals surface area contributed by atoms with Crippen LogP contribution in [-0.4, -0.2) is 15.6 Å². The minimum absolute atomic E-state index is 0.0976. The molecule has 0 aliphatic rings. The van der Waals surface area contributed by atoms with Crippen LogP contribution in [0.25, 0.3) is 21.8 Å². The Kier molecular flexibility index (Phi) is 4.56. The van der Waals surface area contributed by atoms with Crippen LogP contribution in [-0.2, 0) is 13.2 Å². The summed E-state index contributed by atoms with van der Waals surface area (Å²) in [5, 5.41) is 12.2. The highest BCUT2D eigenvalue weighted by molar-refractivity contribution is 6.34. The van der Waals surface area contributed by atoms with Crippen molar-refractivity contribution in [2.75, 3.05) is 0 Å². The minimum Gasteiger partial charge on any atom is -0.392 e. The second-order valence-electron chi connectivity index (χ2n) is 6.35. The van der Waals surface area contributed by atoms with Crippen molar-refractivity contribution in [2.45, 2.75) is 13.2 Å². The summed E-state index contributed by atoms with van der Waals surface area (Å²) in [4.78, 5) is 12.0. The quantitative estimate of drug-likeness (QED) is 0.530. The summed E-state index contributed by atoms with van der Waals surface area (Å²) in [7, 11) is 0. The van der Waals surface area contributed by atoms with Crippen molar-refractivity contribution in [1.82, 2.24) is 4.57 Å². The summed E-state index contributed by atoms with van der Waals surface area (Å²) in [6.45, 7) is 0.394. The van der Waals surface area contributed by atoms with Crippen LogP contribution in [0.4, 0.5) is 0 Å². The number of aromatic nitrogens is 1. The third kappa shape index (κ3) is 3.16. The number of hydrogen-bond donors (Lipinski definition) is 2. The average molecular weight is 398 g/mol. The predicted octanol–water partition coefficient (Wildman–Crippen LogP) is 4.54. The zero-order valence-electron chi connectivity index (χ0n) is 14.2. The van der Waals surface area contributed by atoms with Crippen LogP contribution >= 0.6 is 23.2 Å². The van der Waals surface area contributed by atoms with Crippen LogP contribution in [0.2, 0.25) is 10.0 Å². The van der Waals surface area contributed by atoms with E-state index in [9.17, 15) is 9.90 Å². The van der Waals surface area contributed by atoms with Crippen LogP contribution in [0, 0.1) is 6.07 Å². The molecule has 1 amide bonds. The number of carbonyl (C=O) groups excluding carboxylic acids is 1. The zero-order chi connectivity index (χ0) is 19.1. The number of carbonyl (C=O) groups is 1. The van der Waals surface area contributed by atoms with Gasteiger partial charge in [-0.1, -0.05) is 29.3 Å². The summed E-state index contributed by atoms with van der Waals surface area (Å²) >= 11 is 12.3. The number of amides is 1. The highest BCUT2D eigenvalue weighted by Crippen LogP contribution is 2.33. The van der Waals surface area contributed by atoms with Crippen molar-refractivity contribution < 1.29 is 9.90 Å². The molecule has 0 unspecified atom stereocenters. The van der Waals surface area contributed by atoms with Gasteiger partial charge in [0.05, 0.1) is 17.6 Å². The summed E-state index contributed by atoms with van der Waals surface area (Å²) in [6.07, 6.45) is 0. The number of nitrogens with two attached hydrogens (primary N) is 1. The van der Waals surface area contributed by atoms with Crippen LogP contribution in [0.15, 0.2) is 48.5 Å². The van der Waals surface area contributed by atoms with E-state index in [-0.39, 0.29) is 6.61 Å². The smallest absolute Gasteiger partial charge is 0.249 e. The molecule has 1 heterocycles. The van der Waals surface area contributed by atoms with Crippen molar-refractivity contribution in [3.05, 3.63) is 81.3 Å². The number of primary amides is 1. The van der Waals surface area contributed by atoms with E-state index >= 15 is 0 Å². The second kappa shape index (κ2) is 6.89. The second-order valence-corrected chi connectivity index (χ2v) is 7.23. The van der Waals surface area contributed by atoms with Gasteiger partial charge in [-0.3, -0.25) is 4.79 Å². The highest BCUT2D eigenvalue weighted by Gasteiger charge is 2.17. The van der Waals surface area contributed by atoms with Gasteiger partial charge in [0.25, 0.3) is 0 Å². The lowest BCUT2D eigenvalue weighted by Gasteiger charge is -2.10. The first kappa shape index (κ1) is 17.9. The zero-order valence-corrected chi connectivity index (χ0v) is 15.7. The first-order chi connectivity index (χ1) is 13.0. The van der Waals surface area contributed by atoms with E-state index < -0.39 is 5.91 Å². The van der Waals surface area contributed by atoms with E-state index in [1.54, 1.807) is 24.3 Å². The van der Waals surface area contributed by atoms with E-state index in [1.165, 1.54) is 0 Å². The van der Waals surface area contributed by atoms with Gasteiger partial charge in [0.1, 0.15) is 0 Å². The van der Waals surface area contributed by atoms with Crippen LogP contribution in [0.3, 0.4) is 0 Å². The Morgan fingerprint density at radius 1 is 1.07 bits per heavy atom. The minimum atomic E-state index is -0.495. The molecule has 1 radical (unpaired) electrons. The van der Waals surface area contributed by atoms with Crippen molar-refractivity contribution in [1.29, 1.82) is 0 Å². The van der Waals surface area contributed by atoms with Crippen LogP contribution in [0.1, 0.15) is 21.5 Å². The van der Waals surface area contributed by atoms with E-state index in [1.807, 2.05) is 24.3 Å². The molecule has 0 saturated heterocycles. The SMILES string of the molecule is NC(=O)c1cccc2c1c1[c]cc(CO)cc1n2Cc1cc(Cl)cc(Cl)c1. The molecule has 4 aromatic rings. The standard InChI is InChI=1S/C21H15Cl2N2O2/c22-14-6-13(7-15(23)9-14)10-25-18-3-1-2-17(21(24)27)20(18)16-5-4-12(11-26)8-19(16)25/h1-4,6-9,26H,10-11H2,(H2,24,27). The number of nitrogens with zero attached hydrogens (tertiary/aromatic N) is 1. The summed E-state index contributed by atoms with van der Waals surface area (Å²) < 4.78 is 2.05. The number of benzene rings is 3. The van der Waals surface area contributed by atoms with Gasteiger partial charge >= 0.3 is 0 Å². The van der Waals surface area contributed by atoms with Crippen molar-refractivity contribution in [2.24, 2.45) is 5.73 Å². The van der Waals surface area contributed by atoms with Gasteiger partial charge in [-0.05, 0) is 59.7 Å². The highest BCUT2D eigenvalue weighted by atomic mass is 35.5. The molecule has 135 valence electrons. The Labute approximate surface area is 165 Å². The monoisotopic (exact) mass is 397 g/mol. The molecular weight excluding hydrogens is 383 g/mol. The van der Waals surface area contributed by atoms with Gasteiger partial charge in [0, 0.05) is 32.9 Å². The van der Waals surface area contributed by atoms with E-state index in [2.05, 4.69) is 10.6 Å². The molecule has 0 aliphatic carbocycles. The molecule has 4 nitrogen and oxygen atoms in total. The van der Waals surface area contributed by atoms with E-state index in [4.69, 9.17) is 28.9 Å². The maximum atomic E-state index is 12.0. The molecule has 0 saturated carbocycles. The molecule has 4 rings (SSSR count). The van der Waals surface area contributed by atoms with E-state index in [0.717, 1.165) is 32.9 Å². The molecule has 0 atom stereocenters. The van der Waals surface area contributed by atoms with Gasteiger partial charge in [-0.2, -0.15) is 0 Å². The molecule has 6 heteroatoms. The van der Waals surface area contributed by atoms with Crippen LogP contribution < -0.4 is 5.73 Å². The fraction of sp³-hybridized carbons (Fsp3) is 0.0952. The lowest BCUT2D eigenvalue weighted by Crippen LogP contribution is -2.11. The van der Waals surface area contributed by atoms with Gasteiger partial charge in [0.15, 0.2) is 0 Å². The van der Waals surface area contributed by atoms with Crippen molar-refractivity contribution in [3.63, 3.8) is 0 Å². The lowest BCUT2D eigenvalue weighted by molar-refractivity contribution is 0.100. The predicted molar refractivity (Wildman–Crippen MR) is 108 cm³/mol. The number of fused-ring (bicyclic) bond motifs is 3. The summed E-state index contributed by atoms with van der Waals surface area (Å²) in [5.41, 5.74) is 9.38. The molecule has 1 aromatic heterocycles. The van der Waals surface area contributed by atoms with Crippen molar-refractivity contribution >= 4 is 50.9 Å². The topological polar surface area (TPSA) is 68.2 Å². The Morgan fingerprint density at radius 3 is 2.48 bits per heavy atom. The molecule has 0 spiro atoms. The molecule has 27 heavy (non-hydrogen) atoms. The fourth-order valence-corrected chi connectivity index (χ4v) is 4.02. The normalized spacial score (nSPS) is 11.4. The number of hydrogen-bond acceptors (Lipinski definition) is 2. The molecule has 3 N–H and O–H groups in total. The molecule has 3 aromatic carbocycles. The van der Waals surface area contributed by atoms with Crippen LogP contribution in [0.5, 0.6) is 0 Å². The molecular formula is C21H15Cl2N2O2. The molecule has 0 bridgehead atoms. The van der Waals surface area contributed by atoms with E-state index in [0.29, 0.717) is 22.2 Å². The third-order valence-electron chi connectivity index (χ3n) is 4.57. The van der Waals surface area contributed by atoms with Crippen molar-refractivity contribution in [3.8, 4) is 0 Å². The Bertz CT molecular complexity index is 1180. The fourth-order valence-electron chi connectivity index (χ4n) is 3.45. The average Bonchev–Trinajstić information content (AvgIpc) is 2.94. The molecule has 0 aliphatic heterocycles. The third-order valence-corrected chi connectivity index (χ3v) is 5.00. The number of aliphatic hydroxyl groups is 1. The first-order valence-corrected chi connectivity index (χ1v) is 9.04. The summed E-state index contributed by atoms with van der Waals surface area (Å²) in [6, 6.07) is 17.6. The number of aliphatic hydroxyl groups excluding tert-OH is 1. The lowest BCUT2D eigenvalue weighted by atomic mass is 10.0. The maximum absolute atomic E-state index is 12.0. The number of halogens is 2. The maximum Gasteiger partial charge on any atom is 0.249 e. The van der Waals surface area contributed by atoms with Gasteiger partial charge < -0.3 is 15.4 Å². The number of rotatable bonds is 4. The molecule has 0 fully saturated rings. The Balaban J connectivity index is 2.04. The Morgan fingerprint density at radius 2 is 1.81 bits per heavy atom. The van der Waals surface area contributed by atoms with Gasteiger partial charge in [-0.15, -0.1) is 0 Å². The Hall–Kier alpha value is -2.53. The van der Waals surface area contributed by atoms with Gasteiger partial charge in [0.2, 0.25) is 5.91 Å². The van der Waals surface area contributed by atoms with Gasteiger partial charge in [-0.25, -0.2) is 0 Å². The largest absolute Gasteiger partial charge is 0.392 e. The first-order valence-electron chi connectivity index (χ1n) is 8.29.